The SMILES string of the molecule is COc1c(C)cc(Cl)cc1NCC1(C(=O)O)CC1. The van der Waals surface area contributed by atoms with Crippen molar-refractivity contribution in [3.63, 3.8) is 0 Å². The second-order valence-electron chi connectivity index (χ2n) is 4.74. The van der Waals surface area contributed by atoms with Crippen molar-refractivity contribution in [3.8, 4) is 5.75 Å². The first kappa shape index (κ1) is 13.0. The molecule has 1 aliphatic rings. The van der Waals surface area contributed by atoms with Gasteiger partial charge in [0.1, 0.15) is 5.75 Å². The molecule has 0 spiro atoms. The summed E-state index contributed by atoms with van der Waals surface area (Å²) in [5.74, 6) is -0.0340. The molecule has 2 rings (SSSR count). The number of hydrogen-bond donors (Lipinski definition) is 2. The number of ether oxygens (including phenoxy) is 1. The Bertz CT molecular complexity index is 483. The maximum atomic E-state index is 11.1. The predicted molar refractivity (Wildman–Crippen MR) is 70.5 cm³/mol. The van der Waals surface area contributed by atoms with Gasteiger partial charge in [0.15, 0.2) is 0 Å². The van der Waals surface area contributed by atoms with Gasteiger partial charge < -0.3 is 15.2 Å². The minimum atomic E-state index is -0.743. The van der Waals surface area contributed by atoms with Gasteiger partial charge in [0, 0.05) is 11.6 Å². The molecule has 98 valence electrons. The van der Waals surface area contributed by atoms with Crippen LogP contribution in [0.2, 0.25) is 5.02 Å². The molecule has 0 radical (unpaired) electrons. The number of carboxylic acids is 1. The van der Waals surface area contributed by atoms with E-state index in [-0.39, 0.29) is 0 Å². The summed E-state index contributed by atoms with van der Waals surface area (Å²) in [5.41, 5.74) is 1.06. The summed E-state index contributed by atoms with van der Waals surface area (Å²) in [7, 11) is 1.59. The molecule has 0 amide bonds. The van der Waals surface area contributed by atoms with Gasteiger partial charge in [0.05, 0.1) is 18.2 Å². The van der Waals surface area contributed by atoms with Crippen molar-refractivity contribution in [2.45, 2.75) is 19.8 Å². The number of carbonyl (C=O) groups is 1. The van der Waals surface area contributed by atoms with Gasteiger partial charge >= 0.3 is 5.97 Å². The van der Waals surface area contributed by atoms with E-state index in [0.717, 1.165) is 24.1 Å². The zero-order chi connectivity index (χ0) is 13.3. The largest absolute Gasteiger partial charge is 0.494 e. The van der Waals surface area contributed by atoms with Gasteiger partial charge in [-0.2, -0.15) is 0 Å². The van der Waals surface area contributed by atoms with Gasteiger partial charge in [-0.3, -0.25) is 4.79 Å². The first-order chi connectivity index (χ1) is 8.48. The van der Waals surface area contributed by atoms with E-state index in [1.165, 1.54) is 0 Å². The molecule has 0 aliphatic heterocycles. The third-order valence-corrected chi connectivity index (χ3v) is 3.59. The molecule has 2 N–H and O–H groups in total. The average molecular weight is 270 g/mol. The van der Waals surface area contributed by atoms with E-state index in [1.54, 1.807) is 13.2 Å². The maximum absolute atomic E-state index is 11.1. The lowest BCUT2D eigenvalue weighted by atomic mass is 10.1. The number of methoxy groups -OCH3 is 1. The van der Waals surface area contributed by atoms with Crippen LogP contribution in [-0.2, 0) is 4.79 Å². The van der Waals surface area contributed by atoms with Gasteiger partial charge in [-0.25, -0.2) is 0 Å². The van der Waals surface area contributed by atoms with Gasteiger partial charge in [-0.05, 0) is 37.5 Å². The van der Waals surface area contributed by atoms with Crippen molar-refractivity contribution in [2.75, 3.05) is 19.0 Å². The summed E-state index contributed by atoms with van der Waals surface area (Å²) >= 11 is 6.00. The summed E-state index contributed by atoms with van der Waals surface area (Å²) in [4.78, 5) is 11.1. The van der Waals surface area contributed by atoms with Crippen LogP contribution in [0.15, 0.2) is 12.1 Å². The molecule has 0 atom stereocenters. The summed E-state index contributed by atoms with van der Waals surface area (Å²) in [5, 5.41) is 12.9. The summed E-state index contributed by atoms with van der Waals surface area (Å²) in [6, 6.07) is 3.57. The van der Waals surface area contributed by atoms with Crippen LogP contribution in [0.4, 0.5) is 5.69 Å². The predicted octanol–water partition coefficient (Wildman–Crippen LogP) is 2.93. The van der Waals surface area contributed by atoms with Crippen molar-refractivity contribution >= 4 is 23.3 Å². The Morgan fingerprint density at radius 3 is 2.72 bits per heavy atom. The van der Waals surface area contributed by atoms with Crippen LogP contribution in [0.1, 0.15) is 18.4 Å². The molecule has 0 heterocycles. The lowest BCUT2D eigenvalue weighted by Gasteiger charge is -2.16. The molecule has 0 saturated heterocycles. The number of benzene rings is 1. The molecule has 0 bridgehead atoms. The quantitative estimate of drug-likeness (QED) is 0.863. The van der Waals surface area contributed by atoms with E-state index in [0.29, 0.717) is 17.3 Å². The van der Waals surface area contributed by atoms with E-state index in [4.69, 9.17) is 21.4 Å². The zero-order valence-corrected chi connectivity index (χ0v) is 11.2. The highest BCUT2D eigenvalue weighted by Crippen LogP contribution is 2.46. The number of halogens is 1. The molecule has 1 aromatic carbocycles. The Balaban J connectivity index is 2.16. The molecule has 0 aromatic heterocycles. The molecular formula is C13H16ClNO3. The molecule has 0 unspecified atom stereocenters. The highest BCUT2D eigenvalue weighted by molar-refractivity contribution is 6.31. The van der Waals surface area contributed by atoms with Gasteiger partial charge in [-0.1, -0.05) is 11.6 Å². The Morgan fingerprint density at radius 1 is 1.56 bits per heavy atom. The standard InChI is InChI=1S/C13H16ClNO3/c1-8-5-9(14)6-10(11(8)18-2)15-7-13(3-4-13)12(16)17/h5-6,15H,3-4,7H2,1-2H3,(H,16,17). The molecular weight excluding hydrogens is 254 g/mol. The van der Waals surface area contributed by atoms with Gasteiger partial charge in [-0.15, -0.1) is 0 Å². The first-order valence-electron chi connectivity index (χ1n) is 5.80. The Hall–Kier alpha value is -1.42. The third-order valence-electron chi connectivity index (χ3n) is 3.37. The van der Waals surface area contributed by atoms with Crippen LogP contribution in [0.3, 0.4) is 0 Å². The van der Waals surface area contributed by atoms with Crippen molar-refractivity contribution < 1.29 is 14.6 Å². The number of hydrogen-bond acceptors (Lipinski definition) is 3. The number of carboxylic acid groups (broad SMARTS) is 1. The first-order valence-corrected chi connectivity index (χ1v) is 6.18. The van der Waals surface area contributed by atoms with Crippen molar-refractivity contribution in [1.82, 2.24) is 0 Å². The number of anilines is 1. The van der Waals surface area contributed by atoms with E-state index in [9.17, 15) is 4.79 Å². The average Bonchev–Trinajstić information content (AvgIpc) is 3.06. The normalized spacial score (nSPS) is 16.2. The van der Waals surface area contributed by atoms with Crippen LogP contribution in [0.5, 0.6) is 5.75 Å². The Labute approximate surface area is 111 Å². The Morgan fingerprint density at radius 2 is 2.22 bits per heavy atom. The fraction of sp³-hybridized carbons (Fsp3) is 0.462. The number of aryl methyl sites for hydroxylation is 1. The molecule has 1 saturated carbocycles. The summed E-state index contributed by atoms with van der Waals surface area (Å²) in [6.45, 7) is 2.30. The number of nitrogens with one attached hydrogen (secondary N) is 1. The zero-order valence-electron chi connectivity index (χ0n) is 10.4. The monoisotopic (exact) mass is 269 g/mol. The van der Waals surface area contributed by atoms with E-state index in [1.807, 2.05) is 13.0 Å². The Kier molecular flexibility index (Phi) is 3.39. The summed E-state index contributed by atoms with van der Waals surface area (Å²) in [6.07, 6.45) is 1.44. The highest BCUT2D eigenvalue weighted by Gasteiger charge is 2.50. The van der Waals surface area contributed by atoms with Crippen molar-refractivity contribution in [1.29, 1.82) is 0 Å². The lowest BCUT2D eigenvalue weighted by molar-refractivity contribution is -0.142. The van der Waals surface area contributed by atoms with E-state index < -0.39 is 11.4 Å². The van der Waals surface area contributed by atoms with Crippen LogP contribution < -0.4 is 10.1 Å². The fourth-order valence-corrected chi connectivity index (χ4v) is 2.29. The molecule has 4 nitrogen and oxygen atoms in total. The fourth-order valence-electron chi connectivity index (χ4n) is 2.01. The number of rotatable bonds is 5. The highest BCUT2D eigenvalue weighted by atomic mass is 35.5. The van der Waals surface area contributed by atoms with Crippen LogP contribution in [-0.4, -0.2) is 24.7 Å². The minimum Gasteiger partial charge on any atom is -0.494 e. The number of aliphatic carboxylic acids is 1. The van der Waals surface area contributed by atoms with Gasteiger partial charge in [0.25, 0.3) is 0 Å². The molecule has 5 heteroatoms. The summed E-state index contributed by atoms with van der Waals surface area (Å²) < 4.78 is 5.31. The van der Waals surface area contributed by atoms with Crippen molar-refractivity contribution in [2.24, 2.45) is 5.41 Å². The van der Waals surface area contributed by atoms with Crippen LogP contribution in [0, 0.1) is 12.3 Å². The van der Waals surface area contributed by atoms with Crippen LogP contribution >= 0.6 is 11.6 Å². The molecule has 18 heavy (non-hydrogen) atoms. The second-order valence-corrected chi connectivity index (χ2v) is 5.18. The molecule has 1 aliphatic carbocycles. The molecule has 1 fully saturated rings. The third kappa shape index (κ3) is 2.38. The van der Waals surface area contributed by atoms with Gasteiger partial charge in [0.2, 0.25) is 0 Å². The van der Waals surface area contributed by atoms with E-state index in [2.05, 4.69) is 5.32 Å². The lowest BCUT2D eigenvalue weighted by Crippen LogP contribution is -2.24. The smallest absolute Gasteiger partial charge is 0.311 e. The minimum absolute atomic E-state index is 0.401. The topological polar surface area (TPSA) is 58.6 Å². The molecule has 1 aromatic rings. The van der Waals surface area contributed by atoms with Crippen molar-refractivity contribution in [3.05, 3.63) is 22.7 Å². The second kappa shape index (κ2) is 4.69. The maximum Gasteiger partial charge on any atom is 0.311 e. The van der Waals surface area contributed by atoms with Crippen LogP contribution in [0.25, 0.3) is 0 Å². The van der Waals surface area contributed by atoms with E-state index >= 15 is 0 Å².